The summed E-state index contributed by atoms with van der Waals surface area (Å²) in [6.07, 6.45) is 0.805. The highest BCUT2D eigenvalue weighted by Crippen LogP contribution is 2.06. The van der Waals surface area contributed by atoms with Crippen molar-refractivity contribution < 1.29 is 5.11 Å². The Labute approximate surface area is 67.5 Å². The van der Waals surface area contributed by atoms with Gasteiger partial charge < -0.3 is 16.2 Å². The van der Waals surface area contributed by atoms with Crippen LogP contribution in [0.15, 0.2) is 4.99 Å². The minimum Gasteiger partial charge on any atom is -0.394 e. The first-order valence-corrected chi connectivity index (χ1v) is 3.69. The summed E-state index contributed by atoms with van der Waals surface area (Å²) in [4.78, 5) is 3.74. The first kappa shape index (κ1) is 10.2. The second kappa shape index (κ2) is 4.18. The fourth-order valence-electron chi connectivity index (χ4n) is 0.605. The first-order valence-electron chi connectivity index (χ1n) is 3.69. The van der Waals surface area contributed by atoms with Gasteiger partial charge in [-0.3, -0.25) is 4.99 Å². The summed E-state index contributed by atoms with van der Waals surface area (Å²) in [6.45, 7) is 3.93. The van der Waals surface area contributed by atoms with Crippen molar-refractivity contribution in [1.29, 1.82) is 0 Å². The van der Waals surface area contributed by atoms with Gasteiger partial charge in [-0.1, -0.05) is 6.92 Å². The Morgan fingerprint density at radius 1 is 1.73 bits per heavy atom. The van der Waals surface area contributed by atoms with Crippen molar-refractivity contribution in [1.82, 2.24) is 5.32 Å². The molecule has 0 rings (SSSR count). The maximum atomic E-state index is 8.96. The maximum Gasteiger partial charge on any atom is 0.188 e. The molecule has 0 aromatic carbocycles. The van der Waals surface area contributed by atoms with Gasteiger partial charge in [-0.2, -0.15) is 0 Å². The zero-order chi connectivity index (χ0) is 8.91. The molecule has 4 nitrogen and oxygen atoms in total. The van der Waals surface area contributed by atoms with Crippen LogP contribution in [-0.4, -0.2) is 30.3 Å². The smallest absolute Gasteiger partial charge is 0.188 e. The van der Waals surface area contributed by atoms with Crippen molar-refractivity contribution in [3.05, 3.63) is 0 Å². The Balaban J connectivity index is 4.08. The molecule has 0 heterocycles. The van der Waals surface area contributed by atoms with Gasteiger partial charge in [0.2, 0.25) is 0 Å². The number of aliphatic hydroxyl groups is 1. The van der Waals surface area contributed by atoms with E-state index in [2.05, 4.69) is 10.3 Å². The molecule has 0 saturated heterocycles. The summed E-state index contributed by atoms with van der Waals surface area (Å²) in [5, 5.41) is 11.9. The van der Waals surface area contributed by atoms with Gasteiger partial charge >= 0.3 is 0 Å². The van der Waals surface area contributed by atoms with Crippen molar-refractivity contribution >= 4 is 5.96 Å². The molecule has 0 fully saturated rings. The largest absolute Gasteiger partial charge is 0.394 e. The van der Waals surface area contributed by atoms with Gasteiger partial charge in [0.15, 0.2) is 5.96 Å². The zero-order valence-corrected chi connectivity index (χ0v) is 7.39. The number of aliphatic hydroxyl groups excluding tert-OH is 1. The molecule has 0 aliphatic heterocycles. The highest BCUT2D eigenvalue weighted by Gasteiger charge is 2.20. The van der Waals surface area contributed by atoms with Crippen LogP contribution in [0.3, 0.4) is 0 Å². The van der Waals surface area contributed by atoms with Crippen LogP contribution in [0.2, 0.25) is 0 Å². The lowest BCUT2D eigenvalue weighted by Crippen LogP contribution is -2.51. The Hall–Kier alpha value is -0.770. The van der Waals surface area contributed by atoms with Crippen molar-refractivity contribution in [3.63, 3.8) is 0 Å². The molecule has 0 aliphatic rings. The molecule has 0 amide bonds. The minimum absolute atomic E-state index is 0.0553. The number of hydrogen-bond donors (Lipinski definition) is 3. The van der Waals surface area contributed by atoms with Crippen LogP contribution in [0, 0.1) is 0 Å². The van der Waals surface area contributed by atoms with Crippen molar-refractivity contribution in [2.45, 2.75) is 25.8 Å². The predicted octanol–water partition coefficient (Wildman–Crippen LogP) is -0.318. The Morgan fingerprint density at radius 2 is 2.27 bits per heavy atom. The van der Waals surface area contributed by atoms with Gasteiger partial charge in [0.25, 0.3) is 0 Å². The van der Waals surface area contributed by atoms with Gasteiger partial charge in [0.05, 0.1) is 12.1 Å². The average molecular weight is 159 g/mol. The van der Waals surface area contributed by atoms with E-state index in [1.165, 1.54) is 0 Å². The van der Waals surface area contributed by atoms with Gasteiger partial charge in [-0.25, -0.2) is 0 Å². The highest BCUT2D eigenvalue weighted by molar-refractivity contribution is 5.78. The molecule has 1 atom stereocenters. The van der Waals surface area contributed by atoms with Crippen LogP contribution in [-0.2, 0) is 0 Å². The van der Waals surface area contributed by atoms with Crippen molar-refractivity contribution in [2.75, 3.05) is 13.7 Å². The van der Waals surface area contributed by atoms with E-state index in [0.717, 1.165) is 6.42 Å². The molecule has 0 radical (unpaired) electrons. The van der Waals surface area contributed by atoms with Gasteiger partial charge in [-0.15, -0.1) is 0 Å². The molecule has 1 unspecified atom stereocenters. The SMILES string of the molecule is CCC(C)(CO)NC(N)=NC. The van der Waals surface area contributed by atoms with Crippen LogP contribution in [0.25, 0.3) is 0 Å². The number of aliphatic imine (C=N–C) groups is 1. The number of guanidine groups is 1. The standard InChI is InChI=1S/C7H17N3O/c1-4-7(2,5-11)10-6(8)9-3/h11H,4-5H2,1-3H3,(H3,8,9,10). The fourth-order valence-corrected chi connectivity index (χ4v) is 0.605. The normalized spacial score (nSPS) is 17.6. The second-order valence-corrected chi connectivity index (χ2v) is 2.81. The van der Waals surface area contributed by atoms with Crippen LogP contribution < -0.4 is 11.1 Å². The Kier molecular flexibility index (Phi) is 3.89. The topological polar surface area (TPSA) is 70.6 Å². The van der Waals surface area contributed by atoms with Crippen LogP contribution in [0.4, 0.5) is 0 Å². The zero-order valence-electron chi connectivity index (χ0n) is 7.39. The van der Waals surface area contributed by atoms with E-state index >= 15 is 0 Å². The summed E-state index contributed by atoms with van der Waals surface area (Å²) in [7, 11) is 1.61. The van der Waals surface area contributed by atoms with E-state index in [0.29, 0.717) is 5.96 Å². The number of nitrogens with two attached hydrogens (primary N) is 1. The predicted molar refractivity (Wildman–Crippen MR) is 46.5 cm³/mol. The summed E-state index contributed by atoms with van der Waals surface area (Å²) in [5.74, 6) is 0.364. The molecular weight excluding hydrogens is 142 g/mol. The molecule has 66 valence electrons. The van der Waals surface area contributed by atoms with E-state index in [1.807, 2.05) is 13.8 Å². The monoisotopic (exact) mass is 159 g/mol. The third kappa shape index (κ3) is 3.23. The summed E-state index contributed by atoms with van der Waals surface area (Å²) >= 11 is 0. The molecule has 4 N–H and O–H groups in total. The van der Waals surface area contributed by atoms with Crippen LogP contribution >= 0.6 is 0 Å². The number of nitrogens with one attached hydrogen (secondary N) is 1. The van der Waals surface area contributed by atoms with E-state index in [4.69, 9.17) is 10.8 Å². The third-order valence-electron chi connectivity index (χ3n) is 1.80. The lowest BCUT2D eigenvalue weighted by molar-refractivity contribution is 0.188. The third-order valence-corrected chi connectivity index (χ3v) is 1.80. The van der Waals surface area contributed by atoms with E-state index in [1.54, 1.807) is 7.05 Å². The van der Waals surface area contributed by atoms with Gasteiger partial charge in [0.1, 0.15) is 0 Å². The van der Waals surface area contributed by atoms with Crippen molar-refractivity contribution in [3.8, 4) is 0 Å². The molecule has 0 saturated carbocycles. The Morgan fingerprint density at radius 3 is 2.55 bits per heavy atom. The maximum absolute atomic E-state index is 8.96. The molecule has 11 heavy (non-hydrogen) atoms. The lowest BCUT2D eigenvalue weighted by Gasteiger charge is -2.27. The molecule has 0 spiro atoms. The van der Waals surface area contributed by atoms with Gasteiger partial charge in [-0.05, 0) is 13.3 Å². The first-order chi connectivity index (χ1) is 5.08. The van der Waals surface area contributed by atoms with Gasteiger partial charge in [0, 0.05) is 7.05 Å². The molecule has 0 aromatic heterocycles. The molecule has 0 bridgehead atoms. The number of nitrogens with zero attached hydrogens (tertiary/aromatic N) is 1. The molecular formula is C7H17N3O. The molecule has 4 heteroatoms. The number of rotatable bonds is 3. The molecule has 0 aromatic rings. The second-order valence-electron chi connectivity index (χ2n) is 2.81. The summed E-state index contributed by atoms with van der Waals surface area (Å²) in [5.41, 5.74) is 5.09. The quantitative estimate of drug-likeness (QED) is 0.390. The fraction of sp³-hybridized carbons (Fsp3) is 0.857. The van der Waals surface area contributed by atoms with Crippen molar-refractivity contribution in [2.24, 2.45) is 10.7 Å². The number of hydrogen-bond acceptors (Lipinski definition) is 2. The average Bonchev–Trinajstić information content (AvgIpc) is 2.04. The highest BCUT2D eigenvalue weighted by atomic mass is 16.3. The summed E-state index contributed by atoms with van der Waals surface area (Å²) < 4.78 is 0. The van der Waals surface area contributed by atoms with Crippen LogP contribution in [0.5, 0.6) is 0 Å². The Bertz CT molecular complexity index is 141. The summed E-state index contributed by atoms with van der Waals surface area (Å²) in [6, 6.07) is 0. The minimum atomic E-state index is -0.344. The van der Waals surface area contributed by atoms with E-state index in [9.17, 15) is 0 Å². The lowest BCUT2D eigenvalue weighted by atomic mass is 10.0. The van der Waals surface area contributed by atoms with E-state index < -0.39 is 0 Å². The molecule has 0 aliphatic carbocycles. The van der Waals surface area contributed by atoms with E-state index in [-0.39, 0.29) is 12.1 Å². The van der Waals surface area contributed by atoms with Crippen LogP contribution in [0.1, 0.15) is 20.3 Å².